The van der Waals surface area contributed by atoms with Crippen LogP contribution < -0.4 is 5.32 Å². The minimum absolute atomic E-state index is 0.152. The van der Waals surface area contributed by atoms with Crippen molar-refractivity contribution in [1.29, 1.82) is 0 Å². The molecular formula is C15H29NO. The van der Waals surface area contributed by atoms with Crippen LogP contribution >= 0.6 is 0 Å². The van der Waals surface area contributed by atoms with E-state index in [-0.39, 0.29) is 5.54 Å². The highest BCUT2D eigenvalue weighted by molar-refractivity contribution is 4.97. The van der Waals surface area contributed by atoms with Crippen molar-refractivity contribution in [3.63, 3.8) is 0 Å². The quantitative estimate of drug-likeness (QED) is 0.798. The van der Waals surface area contributed by atoms with Crippen molar-refractivity contribution in [3.05, 3.63) is 0 Å². The lowest BCUT2D eigenvalue weighted by Gasteiger charge is -2.49. The molecule has 1 aliphatic carbocycles. The molecule has 1 saturated carbocycles. The first-order valence-corrected chi connectivity index (χ1v) is 7.23. The van der Waals surface area contributed by atoms with Gasteiger partial charge in [0, 0.05) is 11.6 Å². The van der Waals surface area contributed by atoms with Gasteiger partial charge in [0.1, 0.15) is 0 Å². The van der Waals surface area contributed by atoms with Gasteiger partial charge in [-0.1, -0.05) is 27.2 Å². The normalized spacial score (nSPS) is 37.6. The minimum atomic E-state index is 0.152. The van der Waals surface area contributed by atoms with Gasteiger partial charge in [-0.05, 0) is 44.4 Å². The van der Waals surface area contributed by atoms with Gasteiger partial charge >= 0.3 is 0 Å². The molecular weight excluding hydrogens is 210 g/mol. The summed E-state index contributed by atoms with van der Waals surface area (Å²) >= 11 is 0. The van der Waals surface area contributed by atoms with E-state index in [1.165, 1.54) is 25.7 Å². The van der Waals surface area contributed by atoms with Crippen molar-refractivity contribution in [2.24, 2.45) is 11.3 Å². The Kier molecular flexibility index (Phi) is 3.57. The highest BCUT2D eigenvalue weighted by atomic mass is 16.5. The molecule has 0 spiro atoms. The molecule has 0 radical (unpaired) electrons. The zero-order valence-electron chi connectivity index (χ0n) is 12.2. The minimum Gasteiger partial charge on any atom is -0.375 e. The maximum absolute atomic E-state index is 6.03. The SMILES string of the molecule is CCC(C)(C)C1CCC2OCC(C)(C)NC2C1. The predicted octanol–water partition coefficient (Wildman–Crippen LogP) is 3.36. The Morgan fingerprint density at radius 3 is 2.65 bits per heavy atom. The second kappa shape index (κ2) is 4.55. The second-order valence-electron chi connectivity index (χ2n) is 7.34. The number of morpholine rings is 1. The summed E-state index contributed by atoms with van der Waals surface area (Å²) < 4.78 is 6.03. The standard InChI is InChI=1S/C15H29NO/c1-6-14(2,3)11-7-8-13-12(9-11)16-15(4,5)10-17-13/h11-13,16H,6-10H2,1-5H3. The summed E-state index contributed by atoms with van der Waals surface area (Å²) in [5, 5.41) is 3.80. The Bertz CT molecular complexity index is 272. The van der Waals surface area contributed by atoms with E-state index in [2.05, 4.69) is 39.9 Å². The Balaban J connectivity index is 2.02. The third-order valence-electron chi connectivity index (χ3n) is 5.04. The first-order chi connectivity index (χ1) is 7.84. The van der Waals surface area contributed by atoms with Gasteiger partial charge in [0.15, 0.2) is 0 Å². The Morgan fingerprint density at radius 1 is 1.29 bits per heavy atom. The summed E-state index contributed by atoms with van der Waals surface area (Å²) in [4.78, 5) is 0. The summed E-state index contributed by atoms with van der Waals surface area (Å²) in [5.41, 5.74) is 0.633. The summed E-state index contributed by atoms with van der Waals surface area (Å²) in [5.74, 6) is 0.846. The summed E-state index contributed by atoms with van der Waals surface area (Å²) in [7, 11) is 0. The van der Waals surface area contributed by atoms with Gasteiger partial charge in [0.2, 0.25) is 0 Å². The van der Waals surface area contributed by atoms with Crippen molar-refractivity contribution in [3.8, 4) is 0 Å². The van der Waals surface area contributed by atoms with E-state index in [9.17, 15) is 0 Å². The monoisotopic (exact) mass is 239 g/mol. The molecule has 0 aromatic carbocycles. The molecule has 0 amide bonds. The second-order valence-corrected chi connectivity index (χ2v) is 7.34. The van der Waals surface area contributed by atoms with Crippen molar-refractivity contribution in [2.45, 2.75) is 78.0 Å². The number of hydrogen-bond acceptors (Lipinski definition) is 2. The molecule has 2 nitrogen and oxygen atoms in total. The van der Waals surface area contributed by atoms with Crippen LogP contribution in [0.25, 0.3) is 0 Å². The zero-order valence-corrected chi connectivity index (χ0v) is 12.2. The highest BCUT2D eigenvalue weighted by Gasteiger charge is 2.42. The maximum Gasteiger partial charge on any atom is 0.0729 e. The van der Waals surface area contributed by atoms with E-state index in [0.29, 0.717) is 17.6 Å². The predicted molar refractivity (Wildman–Crippen MR) is 72.2 cm³/mol. The van der Waals surface area contributed by atoms with Gasteiger partial charge in [0.25, 0.3) is 0 Å². The first-order valence-electron chi connectivity index (χ1n) is 7.23. The van der Waals surface area contributed by atoms with Crippen LogP contribution in [0.15, 0.2) is 0 Å². The molecule has 2 aliphatic rings. The Morgan fingerprint density at radius 2 is 2.00 bits per heavy atom. The average Bonchev–Trinajstić information content (AvgIpc) is 2.27. The van der Waals surface area contributed by atoms with Gasteiger partial charge < -0.3 is 10.1 Å². The van der Waals surface area contributed by atoms with Crippen molar-refractivity contribution in [1.82, 2.24) is 5.32 Å². The molecule has 1 aliphatic heterocycles. The molecule has 1 heterocycles. The molecule has 2 heteroatoms. The van der Waals surface area contributed by atoms with E-state index in [0.717, 1.165) is 12.5 Å². The Hall–Kier alpha value is -0.0800. The van der Waals surface area contributed by atoms with Crippen LogP contribution in [0.1, 0.15) is 60.3 Å². The maximum atomic E-state index is 6.03. The molecule has 17 heavy (non-hydrogen) atoms. The van der Waals surface area contributed by atoms with Crippen LogP contribution in [0.3, 0.4) is 0 Å². The van der Waals surface area contributed by atoms with E-state index in [1.807, 2.05) is 0 Å². The molecule has 3 atom stereocenters. The van der Waals surface area contributed by atoms with Gasteiger partial charge in [-0.3, -0.25) is 0 Å². The van der Waals surface area contributed by atoms with Crippen LogP contribution in [0.2, 0.25) is 0 Å². The zero-order chi connectivity index (χ0) is 12.7. The average molecular weight is 239 g/mol. The van der Waals surface area contributed by atoms with Crippen LogP contribution in [-0.4, -0.2) is 24.3 Å². The summed E-state index contributed by atoms with van der Waals surface area (Å²) in [6, 6.07) is 0.573. The number of ether oxygens (including phenoxy) is 1. The fourth-order valence-corrected chi connectivity index (χ4v) is 3.35. The van der Waals surface area contributed by atoms with E-state index in [4.69, 9.17) is 4.74 Å². The molecule has 0 bridgehead atoms. The van der Waals surface area contributed by atoms with E-state index in [1.54, 1.807) is 0 Å². The summed E-state index contributed by atoms with van der Waals surface area (Å²) in [6.45, 7) is 12.5. The van der Waals surface area contributed by atoms with Crippen molar-refractivity contribution >= 4 is 0 Å². The molecule has 3 unspecified atom stereocenters. The third-order valence-corrected chi connectivity index (χ3v) is 5.04. The highest BCUT2D eigenvalue weighted by Crippen LogP contribution is 2.42. The van der Waals surface area contributed by atoms with Crippen LogP contribution in [0, 0.1) is 11.3 Å². The number of rotatable bonds is 2. The third kappa shape index (κ3) is 2.85. The molecule has 0 aromatic rings. The van der Waals surface area contributed by atoms with Gasteiger partial charge in [-0.15, -0.1) is 0 Å². The van der Waals surface area contributed by atoms with E-state index >= 15 is 0 Å². The molecule has 2 fully saturated rings. The molecule has 0 aromatic heterocycles. The lowest BCUT2D eigenvalue weighted by Crippen LogP contribution is -2.61. The van der Waals surface area contributed by atoms with Crippen LogP contribution in [0.4, 0.5) is 0 Å². The largest absolute Gasteiger partial charge is 0.375 e. The fourth-order valence-electron chi connectivity index (χ4n) is 3.35. The topological polar surface area (TPSA) is 21.3 Å². The van der Waals surface area contributed by atoms with Gasteiger partial charge in [-0.2, -0.15) is 0 Å². The molecule has 1 saturated heterocycles. The van der Waals surface area contributed by atoms with Crippen molar-refractivity contribution < 1.29 is 4.74 Å². The number of hydrogen-bond donors (Lipinski definition) is 1. The van der Waals surface area contributed by atoms with Crippen LogP contribution in [0.5, 0.6) is 0 Å². The molecule has 1 N–H and O–H groups in total. The fraction of sp³-hybridized carbons (Fsp3) is 1.00. The lowest BCUT2D eigenvalue weighted by molar-refractivity contribution is -0.0860. The molecule has 2 rings (SSSR count). The van der Waals surface area contributed by atoms with Crippen molar-refractivity contribution in [2.75, 3.05) is 6.61 Å². The van der Waals surface area contributed by atoms with Gasteiger partial charge in [0.05, 0.1) is 12.7 Å². The first kappa shape index (κ1) is 13.4. The summed E-state index contributed by atoms with van der Waals surface area (Å²) in [6.07, 6.45) is 5.60. The van der Waals surface area contributed by atoms with Crippen LogP contribution in [-0.2, 0) is 4.74 Å². The molecule has 100 valence electrons. The number of nitrogens with one attached hydrogen (secondary N) is 1. The van der Waals surface area contributed by atoms with E-state index < -0.39 is 0 Å². The Labute approximate surface area is 107 Å². The number of fused-ring (bicyclic) bond motifs is 1. The smallest absolute Gasteiger partial charge is 0.0729 e. The van der Waals surface area contributed by atoms with Gasteiger partial charge in [-0.25, -0.2) is 0 Å². The lowest BCUT2D eigenvalue weighted by atomic mass is 9.67.